The van der Waals surface area contributed by atoms with Gasteiger partial charge in [0.1, 0.15) is 5.82 Å². The highest BCUT2D eigenvalue weighted by Gasteiger charge is 2.36. The number of carbonyl (C=O) groups is 1. The van der Waals surface area contributed by atoms with Crippen LogP contribution in [0.25, 0.3) is 0 Å². The molecular formula is C17H19N3O5S. The van der Waals surface area contributed by atoms with E-state index in [2.05, 4.69) is 15.6 Å². The molecule has 26 heavy (non-hydrogen) atoms. The molecule has 1 unspecified atom stereocenters. The van der Waals surface area contributed by atoms with E-state index in [-0.39, 0.29) is 18.6 Å². The number of nitrogens with zero attached hydrogens (tertiary/aromatic N) is 1. The van der Waals surface area contributed by atoms with Gasteiger partial charge in [0.25, 0.3) is 0 Å². The molecule has 2 aliphatic rings. The van der Waals surface area contributed by atoms with E-state index in [1.807, 2.05) is 13.0 Å². The number of fused-ring (bicyclic) bond motifs is 2. The van der Waals surface area contributed by atoms with Gasteiger partial charge in [0, 0.05) is 24.4 Å². The molecule has 0 radical (unpaired) electrons. The number of methoxy groups -OCH3 is 2. The molecule has 0 fully saturated rings. The van der Waals surface area contributed by atoms with Crippen LogP contribution < -0.4 is 29.6 Å². The van der Waals surface area contributed by atoms with E-state index in [9.17, 15) is 4.79 Å². The van der Waals surface area contributed by atoms with E-state index < -0.39 is 0 Å². The summed E-state index contributed by atoms with van der Waals surface area (Å²) in [4.78, 5) is 17.7. The Kier molecular flexibility index (Phi) is 4.23. The fraction of sp³-hybridized carbons (Fsp3) is 0.412. The van der Waals surface area contributed by atoms with Crippen molar-refractivity contribution in [2.75, 3.05) is 38.2 Å². The second kappa shape index (κ2) is 6.56. The lowest BCUT2D eigenvalue weighted by atomic mass is 9.90. The number of thiazole rings is 1. The van der Waals surface area contributed by atoms with E-state index in [1.54, 1.807) is 14.2 Å². The predicted octanol–water partition coefficient (Wildman–Crippen LogP) is 2.79. The molecule has 1 aromatic heterocycles. The Hall–Kier alpha value is -2.68. The number of ether oxygens (including phenoxy) is 4. The highest BCUT2D eigenvalue weighted by Crippen LogP contribution is 2.54. The molecule has 138 valence electrons. The first kappa shape index (κ1) is 16.8. The Bertz CT molecular complexity index is 867. The van der Waals surface area contributed by atoms with Crippen molar-refractivity contribution in [2.24, 2.45) is 0 Å². The Morgan fingerprint density at radius 3 is 2.88 bits per heavy atom. The molecular weight excluding hydrogens is 358 g/mol. The van der Waals surface area contributed by atoms with E-state index in [0.717, 1.165) is 22.1 Å². The maximum atomic E-state index is 12.3. The maximum absolute atomic E-state index is 12.3. The third-order valence-electron chi connectivity index (χ3n) is 4.33. The molecule has 8 nitrogen and oxygen atoms in total. The van der Waals surface area contributed by atoms with Crippen molar-refractivity contribution in [2.45, 2.75) is 19.3 Å². The summed E-state index contributed by atoms with van der Waals surface area (Å²) < 4.78 is 22.2. The van der Waals surface area contributed by atoms with Gasteiger partial charge in [0.05, 0.1) is 19.1 Å². The van der Waals surface area contributed by atoms with Gasteiger partial charge in [-0.2, -0.15) is 0 Å². The average molecular weight is 377 g/mol. The van der Waals surface area contributed by atoms with Crippen LogP contribution in [0.1, 0.15) is 29.7 Å². The van der Waals surface area contributed by atoms with Crippen LogP contribution in [0, 0.1) is 0 Å². The highest BCUT2D eigenvalue weighted by atomic mass is 32.1. The summed E-state index contributed by atoms with van der Waals surface area (Å²) in [6.07, 6.45) is 0.292. The maximum Gasteiger partial charge on any atom is 0.231 e. The van der Waals surface area contributed by atoms with E-state index in [4.69, 9.17) is 18.9 Å². The number of hydrogen-bond donors (Lipinski definition) is 2. The van der Waals surface area contributed by atoms with Crippen molar-refractivity contribution in [1.29, 1.82) is 0 Å². The third kappa shape index (κ3) is 2.59. The molecule has 3 heterocycles. The summed E-state index contributed by atoms with van der Waals surface area (Å²) >= 11 is 1.53. The van der Waals surface area contributed by atoms with Crippen molar-refractivity contribution < 1.29 is 23.7 Å². The molecule has 1 atom stereocenters. The zero-order valence-electron chi connectivity index (χ0n) is 14.7. The van der Waals surface area contributed by atoms with Crippen molar-refractivity contribution in [3.63, 3.8) is 0 Å². The van der Waals surface area contributed by atoms with Crippen LogP contribution in [0.5, 0.6) is 23.0 Å². The van der Waals surface area contributed by atoms with Gasteiger partial charge < -0.3 is 29.6 Å². The van der Waals surface area contributed by atoms with Crippen molar-refractivity contribution in [1.82, 2.24) is 4.98 Å². The number of hydrogen-bond acceptors (Lipinski definition) is 8. The van der Waals surface area contributed by atoms with Crippen molar-refractivity contribution in [3.8, 4) is 23.0 Å². The molecule has 2 aliphatic heterocycles. The van der Waals surface area contributed by atoms with Crippen LogP contribution in [-0.4, -0.2) is 38.4 Å². The van der Waals surface area contributed by atoms with Gasteiger partial charge in [-0.3, -0.25) is 4.79 Å². The predicted molar refractivity (Wildman–Crippen MR) is 97.0 cm³/mol. The number of benzene rings is 1. The quantitative estimate of drug-likeness (QED) is 0.828. The molecule has 0 saturated carbocycles. The summed E-state index contributed by atoms with van der Waals surface area (Å²) in [5.41, 5.74) is 0.816. The fourth-order valence-electron chi connectivity index (χ4n) is 3.27. The number of nitrogens with one attached hydrogen (secondary N) is 2. The summed E-state index contributed by atoms with van der Waals surface area (Å²) in [6.45, 7) is 2.88. The Morgan fingerprint density at radius 1 is 1.35 bits per heavy atom. The number of rotatable bonds is 5. The molecule has 1 amide bonds. The topological polar surface area (TPSA) is 90.9 Å². The number of anilines is 2. The van der Waals surface area contributed by atoms with Crippen LogP contribution >= 0.6 is 11.3 Å². The summed E-state index contributed by atoms with van der Waals surface area (Å²) in [5, 5.41) is 6.82. The molecule has 0 aliphatic carbocycles. The van der Waals surface area contributed by atoms with E-state index >= 15 is 0 Å². The van der Waals surface area contributed by atoms with Gasteiger partial charge in [-0.1, -0.05) is 11.3 Å². The molecule has 1 aromatic carbocycles. The zero-order chi connectivity index (χ0) is 18.3. The fourth-order valence-corrected chi connectivity index (χ4v) is 4.37. The van der Waals surface area contributed by atoms with Gasteiger partial charge in [-0.25, -0.2) is 4.98 Å². The standard InChI is InChI=1S/C17H19N3O5S/c1-4-18-17-20-16-15(26-17)9(6-11(21)19-16)8-5-10-13(25-7-24-10)14(23-3)12(8)22-2/h5,9H,4,6-7H2,1-3H3,(H,18,20)(H,19,21). The Labute approximate surface area is 154 Å². The van der Waals surface area contributed by atoms with Crippen molar-refractivity contribution in [3.05, 3.63) is 16.5 Å². The number of amides is 1. The Morgan fingerprint density at radius 2 is 2.15 bits per heavy atom. The highest BCUT2D eigenvalue weighted by molar-refractivity contribution is 7.16. The molecule has 0 saturated heterocycles. The van der Waals surface area contributed by atoms with Gasteiger partial charge in [-0.05, 0) is 13.0 Å². The van der Waals surface area contributed by atoms with Crippen LogP contribution in [0.2, 0.25) is 0 Å². The van der Waals surface area contributed by atoms with Gasteiger partial charge >= 0.3 is 0 Å². The van der Waals surface area contributed by atoms with Crippen LogP contribution in [0.4, 0.5) is 10.9 Å². The summed E-state index contributed by atoms with van der Waals surface area (Å²) in [7, 11) is 3.13. The first-order valence-electron chi connectivity index (χ1n) is 8.25. The second-order valence-corrected chi connectivity index (χ2v) is 6.86. The minimum absolute atomic E-state index is 0.0884. The normalized spacial score (nSPS) is 17.5. The third-order valence-corrected chi connectivity index (χ3v) is 5.46. The lowest BCUT2D eigenvalue weighted by Crippen LogP contribution is -2.23. The molecule has 0 bridgehead atoms. The van der Waals surface area contributed by atoms with Crippen LogP contribution in [0.3, 0.4) is 0 Å². The molecule has 2 N–H and O–H groups in total. The van der Waals surface area contributed by atoms with E-state index in [1.165, 1.54) is 11.3 Å². The zero-order valence-corrected chi connectivity index (χ0v) is 15.5. The summed E-state index contributed by atoms with van der Waals surface area (Å²) in [5.74, 6) is 2.41. The lowest BCUT2D eigenvalue weighted by Gasteiger charge is -2.24. The largest absolute Gasteiger partial charge is 0.492 e. The smallest absolute Gasteiger partial charge is 0.231 e. The molecule has 4 rings (SSSR count). The summed E-state index contributed by atoms with van der Waals surface area (Å²) in [6, 6.07) is 1.86. The average Bonchev–Trinajstić information content (AvgIpc) is 3.25. The minimum atomic E-state index is -0.206. The number of aromatic nitrogens is 1. The van der Waals surface area contributed by atoms with Crippen LogP contribution in [-0.2, 0) is 4.79 Å². The van der Waals surface area contributed by atoms with Crippen molar-refractivity contribution >= 4 is 28.2 Å². The van der Waals surface area contributed by atoms with E-state index in [0.29, 0.717) is 35.2 Å². The first-order chi connectivity index (χ1) is 12.7. The lowest BCUT2D eigenvalue weighted by molar-refractivity contribution is -0.116. The molecule has 9 heteroatoms. The van der Waals surface area contributed by atoms with Crippen LogP contribution in [0.15, 0.2) is 6.07 Å². The second-order valence-electron chi connectivity index (χ2n) is 5.83. The SMILES string of the molecule is CCNc1nc2c(s1)C(c1cc3c(c(OC)c1OC)OCO3)CC(=O)N2. The minimum Gasteiger partial charge on any atom is -0.492 e. The molecule has 2 aromatic rings. The first-order valence-corrected chi connectivity index (χ1v) is 9.06. The van der Waals surface area contributed by atoms with Gasteiger partial charge in [0.2, 0.25) is 24.2 Å². The monoisotopic (exact) mass is 377 g/mol. The van der Waals surface area contributed by atoms with Gasteiger partial charge in [-0.15, -0.1) is 0 Å². The molecule has 0 spiro atoms. The Balaban J connectivity index is 1.87. The van der Waals surface area contributed by atoms with Gasteiger partial charge in [0.15, 0.2) is 16.6 Å². The number of carbonyl (C=O) groups excluding carboxylic acids is 1.